The number of fused-ring (bicyclic) bond motifs is 1. The zero-order valence-electron chi connectivity index (χ0n) is 16.0. The molecule has 4 aromatic rings. The Morgan fingerprint density at radius 1 is 0.852 bits per heavy atom. The Bertz CT molecular complexity index is 1120. The highest BCUT2D eigenvalue weighted by molar-refractivity contribution is 5.82. The first-order valence-electron chi connectivity index (χ1n) is 9.09. The van der Waals surface area contributed by atoms with Crippen molar-refractivity contribution in [2.45, 2.75) is 33.1 Å². The molecular formula is C24H22FNO. The molecule has 0 amide bonds. The minimum Gasteiger partial charge on any atom is -0.438 e. The van der Waals surface area contributed by atoms with Crippen LogP contribution in [0.4, 0.5) is 4.39 Å². The van der Waals surface area contributed by atoms with Gasteiger partial charge >= 0.3 is 0 Å². The summed E-state index contributed by atoms with van der Waals surface area (Å²) < 4.78 is 19.1. The van der Waals surface area contributed by atoms with E-state index in [1.54, 1.807) is 12.1 Å². The van der Waals surface area contributed by atoms with Gasteiger partial charge in [-0.25, -0.2) is 9.37 Å². The summed E-state index contributed by atoms with van der Waals surface area (Å²) in [4.78, 5) is 4.73. The molecule has 0 unspecified atom stereocenters. The molecule has 0 radical (unpaired) electrons. The van der Waals surface area contributed by atoms with E-state index in [1.165, 1.54) is 23.3 Å². The van der Waals surface area contributed by atoms with E-state index in [9.17, 15) is 4.39 Å². The fourth-order valence-corrected chi connectivity index (χ4v) is 3.20. The fraction of sp³-hybridized carbons (Fsp3) is 0.208. The maximum absolute atomic E-state index is 13.2. The highest BCUT2D eigenvalue weighted by Crippen LogP contribution is 2.31. The van der Waals surface area contributed by atoms with Gasteiger partial charge in [-0.1, -0.05) is 32.4 Å². The van der Waals surface area contributed by atoms with Gasteiger partial charge in [0.15, 0.2) is 0 Å². The van der Waals surface area contributed by atoms with E-state index in [4.69, 9.17) is 9.40 Å². The van der Waals surface area contributed by atoms with Crippen molar-refractivity contribution in [1.29, 1.82) is 0 Å². The third kappa shape index (κ3) is 3.50. The van der Waals surface area contributed by atoms with Crippen molar-refractivity contribution in [2.75, 3.05) is 0 Å². The monoisotopic (exact) mass is 359 g/mol. The third-order valence-electron chi connectivity index (χ3n) is 4.75. The van der Waals surface area contributed by atoms with Crippen LogP contribution in [0.25, 0.3) is 33.7 Å². The lowest BCUT2D eigenvalue weighted by Crippen LogP contribution is -2.11. The Labute approximate surface area is 158 Å². The molecule has 0 aliphatic rings. The van der Waals surface area contributed by atoms with Gasteiger partial charge in [0.2, 0.25) is 5.71 Å². The lowest BCUT2D eigenvalue weighted by molar-refractivity contribution is 0.590. The van der Waals surface area contributed by atoms with Crippen molar-refractivity contribution in [3.05, 3.63) is 77.6 Å². The van der Waals surface area contributed by atoms with Crippen LogP contribution in [0.15, 0.2) is 65.1 Å². The maximum Gasteiger partial charge on any atom is 0.227 e. The molecule has 0 atom stereocenters. The van der Waals surface area contributed by atoms with Crippen LogP contribution < -0.4 is 0 Å². The number of hydrogen-bond donors (Lipinski definition) is 0. The van der Waals surface area contributed by atoms with Gasteiger partial charge in [0.05, 0.1) is 5.69 Å². The van der Waals surface area contributed by atoms with Crippen LogP contribution in [-0.2, 0) is 5.41 Å². The predicted octanol–water partition coefficient (Wildman–Crippen LogP) is 6.91. The first-order chi connectivity index (χ1) is 12.8. The van der Waals surface area contributed by atoms with Gasteiger partial charge in [0, 0.05) is 16.5 Å². The normalized spacial score (nSPS) is 11.9. The van der Waals surface area contributed by atoms with E-state index in [2.05, 4.69) is 45.9 Å². The van der Waals surface area contributed by atoms with Gasteiger partial charge < -0.3 is 4.42 Å². The molecule has 0 fully saturated rings. The molecule has 0 N–H and O–H groups in total. The molecule has 2 heterocycles. The van der Waals surface area contributed by atoms with Crippen molar-refractivity contribution < 1.29 is 8.81 Å². The number of furan rings is 1. The van der Waals surface area contributed by atoms with Gasteiger partial charge in [-0.3, -0.25) is 0 Å². The van der Waals surface area contributed by atoms with E-state index in [0.717, 1.165) is 22.2 Å². The summed E-state index contributed by atoms with van der Waals surface area (Å²) in [5.74, 6) is 0.429. The van der Waals surface area contributed by atoms with Gasteiger partial charge in [-0.2, -0.15) is 0 Å². The maximum atomic E-state index is 13.2. The van der Waals surface area contributed by atoms with E-state index < -0.39 is 0 Å². The second-order valence-corrected chi connectivity index (χ2v) is 8.05. The van der Waals surface area contributed by atoms with E-state index in [-0.39, 0.29) is 11.2 Å². The molecule has 0 saturated carbocycles. The average Bonchev–Trinajstić information content (AvgIpc) is 3.04. The van der Waals surface area contributed by atoms with Gasteiger partial charge in [0.1, 0.15) is 11.6 Å². The molecule has 2 aromatic carbocycles. The van der Waals surface area contributed by atoms with Crippen LogP contribution in [-0.4, -0.2) is 4.98 Å². The van der Waals surface area contributed by atoms with Crippen molar-refractivity contribution >= 4 is 11.1 Å². The molecule has 2 aromatic heterocycles. The lowest BCUT2D eigenvalue weighted by atomic mass is 9.85. The number of aromatic nitrogens is 1. The molecule has 0 saturated heterocycles. The summed E-state index contributed by atoms with van der Waals surface area (Å²) in [6.45, 7) is 8.74. The number of benzene rings is 2. The number of aryl methyl sites for hydroxylation is 1. The number of rotatable bonds is 2. The largest absolute Gasteiger partial charge is 0.438 e. The van der Waals surface area contributed by atoms with Crippen molar-refractivity contribution in [1.82, 2.24) is 4.98 Å². The zero-order valence-corrected chi connectivity index (χ0v) is 16.0. The lowest BCUT2D eigenvalue weighted by Gasteiger charge is -2.20. The SMILES string of the molecule is Cc1cc(-c2ccc3cc(-c4ccc(F)cc4)oc3n2)cc(C(C)(C)C)c1. The molecule has 0 aliphatic heterocycles. The number of hydrogen-bond acceptors (Lipinski definition) is 2. The topological polar surface area (TPSA) is 26.0 Å². The Kier molecular flexibility index (Phi) is 4.11. The van der Waals surface area contributed by atoms with Crippen LogP contribution in [0.2, 0.25) is 0 Å². The standard InChI is InChI=1S/C24H22FNO/c1-15-11-18(13-19(12-15)24(2,3)4)21-10-7-17-14-22(27-23(17)26-21)16-5-8-20(25)9-6-16/h5-14H,1-4H3. The van der Waals surface area contributed by atoms with Crippen molar-refractivity contribution in [3.63, 3.8) is 0 Å². The van der Waals surface area contributed by atoms with Gasteiger partial charge in [-0.15, -0.1) is 0 Å². The van der Waals surface area contributed by atoms with Crippen LogP contribution in [0.5, 0.6) is 0 Å². The predicted molar refractivity (Wildman–Crippen MR) is 108 cm³/mol. The second-order valence-electron chi connectivity index (χ2n) is 8.05. The molecule has 0 aliphatic carbocycles. The Balaban J connectivity index is 1.78. The summed E-state index contributed by atoms with van der Waals surface area (Å²) >= 11 is 0. The summed E-state index contributed by atoms with van der Waals surface area (Å²) in [5.41, 5.74) is 5.97. The van der Waals surface area contributed by atoms with E-state index in [1.807, 2.05) is 18.2 Å². The first kappa shape index (κ1) is 17.5. The van der Waals surface area contributed by atoms with E-state index in [0.29, 0.717) is 11.5 Å². The summed E-state index contributed by atoms with van der Waals surface area (Å²) in [7, 11) is 0. The van der Waals surface area contributed by atoms with Gasteiger partial charge in [0.25, 0.3) is 0 Å². The van der Waals surface area contributed by atoms with Gasteiger partial charge in [-0.05, 0) is 72.5 Å². The third-order valence-corrected chi connectivity index (χ3v) is 4.75. The second kappa shape index (κ2) is 6.34. The Morgan fingerprint density at radius 3 is 2.30 bits per heavy atom. The molecule has 0 spiro atoms. The molecule has 27 heavy (non-hydrogen) atoms. The first-order valence-corrected chi connectivity index (χ1v) is 9.09. The highest BCUT2D eigenvalue weighted by atomic mass is 19.1. The van der Waals surface area contributed by atoms with Crippen molar-refractivity contribution in [3.8, 4) is 22.6 Å². The average molecular weight is 359 g/mol. The molecule has 2 nitrogen and oxygen atoms in total. The minimum absolute atomic E-state index is 0.0747. The molecular weight excluding hydrogens is 337 g/mol. The quantitative estimate of drug-likeness (QED) is 0.389. The molecule has 4 rings (SSSR count). The summed E-state index contributed by atoms with van der Waals surface area (Å²) in [6, 6.07) is 18.8. The van der Waals surface area contributed by atoms with Crippen LogP contribution >= 0.6 is 0 Å². The minimum atomic E-state index is -0.260. The number of nitrogens with zero attached hydrogens (tertiary/aromatic N) is 1. The van der Waals surface area contributed by atoms with Crippen LogP contribution in [0, 0.1) is 12.7 Å². The summed E-state index contributed by atoms with van der Waals surface area (Å²) in [6.07, 6.45) is 0. The zero-order chi connectivity index (χ0) is 19.2. The van der Waals surface area contributed by atoms with Crippen molar-refractivity contribution in [2.24, 2.45) is 0 Å². The highest BCUT2D eigenvalue weighted by Gasteiger charge is 2.16. The molecule has 0 bridgehead atoms. The number of halogens is 1. The summed E-state index contributed by atoms with van der Waals surface area (Å²) in [5, 5.41) is 0.932. The van der Waals surface area contributed by atoms with Crippen LogP contribution in [0.1, 0.15) is 31.9 Å². The van der Waals surface area contributed by atoms with E-state index >= 15 is 0 Å². The Hall–Kier alpha value is -2.94. The fourth-order valence-electron chi connectivity index (χ4n) is 3.20. The Morgan fingerprint density at radius 2 is 1.59 bits per heavy atom. The molecule has 3 heteroatoms. The smallest absolute Gasteiger partial charge is 0.227 e. The molecule has 136 valence electrons. The number of pyridine rings is 1. The van der Waals surface area contributed by atoms with Crippen LogP contribution in [0.3, 0.4) is 0 Å².